The first-order valence-electron chi connectivity index (χ1n) is 12.8. The number of nitrogens with zero attached hydrogens (tertiary/aromatic N) is 3. The second kappa shape index (κ2) is 11.3. The molecule has 0 bridgehead atoms. The van der Waals surface area contributed by atoms with Gasteiger partial charge < -0.3 is 14.7 Å². The van der Waals surface area contributed by atoms with E-state index in [1.807, 2.05) is 97.1 Å². The van der Waals surface area contributed by atoms with Crippen molar-refractivity contribution in [2.75, 3.05) is 0 Å². The van der Waals surface area contributed by atoms with E-state index < -0.39 is 7.32 Å². The van der Waals surface area contributed by atoms with Crippen LogP contribution in [-0.2, 0) is 0 Å². The van der Waals surface area contributed by atoms with Gasteiger partial charge in [-0.3, -0.25) is 0 Å². The number of aromatic nitrogens is 3. The molecule has 0 aliphatic heterocycles. The van der Waals surface area contributed by atoms with Gasteiger partial charge in [0.05, 0.1) is 0 Å². The molecule has 0 saturated heterocycles. The summed E-state index contributed by atoms with van der Waals surface area (Å²) in [5.74, 6) is 2.23. The summed E-state index contributed by atoms with van der Waals surface area (Å²) in [5.41, 5.74) is 6.72. The van der Waals surface area contributed by atoms with E-state index in [0.29, 0.717) is 23.2 Å². The van der Waals surface area contributed by atoms with Crippen LogP contribution in [0.25, 0.3) is 56.4 Å². The minimum Gasteiger partial charge on any atom is -0.512 e. The zero-order valence-corrected chi connectivity index (χ0v) is 21.4. The van der Waals surface area contributed by atoms with Crippen molar-refractivity contribution in [1.82, 2.24) is 15.0 Å². The van der Waals surface area contributed by atoms with E-state index in [1.54, 1.807) is 12.1 Å². The lowest BCUT2D eigenvalue weighted by Gasteiger charge is -2.10. The van der Waals surface area contributed by atoms with Crippen LogP contribution in [0, 0.1) is 0 Å². The minimum atomic E-state index is -1.86. The van der Waals surface area contributed by atoms with Gasteiger partial charge in [-0.05, 0) is 40.5 Å². The van der Waals surface area contributed by atoms with Crippen molar-refractivity contribution in [3.05, 3.63) is 133 Å². The Morgan fingerprint density at radius 1 is 0.400 bits per heavy atom. The average molecular weight is 521 g/mol. The third-order valence-corrected chi connectivity index (χ3v) is 6.45. The third-order valence-electron chi connectivity index (χ3n) is 6.45. The lowest BCUT2D eigenvalue weighted by Crippen LogP contribution is -2.20. The molecule has 0 spiro atoms. The van der Waals surface area contributed by atoms with Crippen LogP contribution in [0.4, 0.5) is 0 Å². The van der Waals surface area contributed by atoms with Crippen LogP contribution in [0.2, 0.25) is 0 Å². The number of hydrogen-bond donors (Lipinski definition) is 2. The molecule has 0 aliphatic carbocycles. The largest absolute Gasteiger partial charge is 0.707 e. The maximum Gasteiger partial charge on any atom is 0.707 e. The van der Waals surface area contributed by atoms with Crippen LogP contribution in [0.15, 0.2) is 133 Å². The number of benzene rings is 5. The molecule has 0 saturated carbocycles. The first kappa shape index (κ1) is 25.2. The summed E-state index contributed by atoms with van der Waals surface area (Å²) in [6.07, 6.45) is 0. The summed E-state index contributed by atoms with van der Waals surface area (Å²) in [7, 11) is -1.86. The Balaban J connectivity index is 1.35. The van der Waals surface area contributed by atoms with Crippen molar-refractivity contribution < 1.29 is 14.7 Å². The van der Waals surface area contributed by atoms with Gasteiger partial charge in [-0.1, -0.05) is 115 Å². The van der Waals surface area contributed by atoms with E-state index in [1.165, 1.54) is 0 Å². The van der Waals surface area contributed by atoms with Crippen LogP contribution in [0.3, 0.4) is 0 Å². The van der Waals surface area contributed by atoms with Gasteiger partial charge in [0.1, 0.15) is 5.75 Å². The summed E-state index contributed by atoms with van der Waals surface area (Å²) in [4.78, 5) is 14.5. The van der Waals surface area contributed by atoms with Crippen molar-refractivity contribution in [1.29, 1.82) is 0 Å². The molecule has 0 radical (unpaired) electrons. The first-order chi connectivity index (χ1) is 19.6. The molecule has 0 unspecified atom stereocenters. The Kier molecular flexibility index (Phi) is 7.13. The van der Waals surface area contributed by atoms with Crippen molar-refractivity contribution in [2.24, 2.45) is 0 Å². The van der Waals surface area contributed by atoms with Crippen molar-refractivity contribution in [2.45, 2.75) is 0 Å². The lowest BCUT2D eigenvalue weighted by atomic mass is 9.99. The summed E-state index contributed by atoms with van der Waals surface area (Å²) in [5, 5.41) is 18.2. The molecule has 0 fully saturated rings. The summed E-state index contributed by atoms with van der Waals surface area (Å²) in [6.45, 7) is 0. The molecular formula is C33H24BN3O3. The molecule has 1 heterocycles. The van der Waals surface area contributed by atoms with Gasteiger partial charge in [0, 0.05) is 16.7 Å². The fourth-order valence-electron chi connectivity index (χ4n) is 4.50. The second-order valence-corrected chi connectivity index (χ2v) is 9.17. The maximum absolute atomic E-state index is 9.10. The zero-order valence-electron chi connectivity index (χ0n) is 21.4. The van der Waals surface area contributed by atoms with E-state index in [9.17, 15) is 0 Å². The van der Waals surface area contributed by atoms with Crippen molar-refractivity contribution >= 4 is 7.32 Å². The predicted octanol–water partition coefficient (Wildman–Crippen LogP) is 6.55. The average Bonchev–Trinajstić information content (AvgIpc) is 3.02. The minimum absolute atomic E-state index is 0.381. The van der Waals surface area contributed by atoms with Gasteiger partial charge in [-0.25, -0.2) is 15.0 Å². The molecule has 7 heteroatoms. The first-order valence-corrected chi connectivity index (χ1v) is 12.8. The van der Waals surface area contributed by atoms with E-state index in [-0.39, 0.29) is 0 Å². The molecule has 2 N–H and O–H groups in total. The number of hydrogen-bond acceptors (Lipinski definition) is 6. The van der Waals surface area contributed by atoms with Gasteiger partial charge in [0.15, 0.2) is 17.5 Å². The number of rotatable bonds is 7. The molecule has 0 atom stereocenters. The standard InChI is InChI=1S/C33H24BN3O3/c38-34(39)40-30-16-8-14-28(22-30)24-19-17-23(18-20-24)27-13-7-15-29(21-27)33-36-31(25-9-3-1-4-10-25)35-32(37-33)26-11-5-2-6-12-26/h1-22,38-39H. The van der Waals surface area contributed by atoms with E-state index >= 15 is 0 Å². The van der Waals surface area contributed by atoms with E-state index in [2.05, 4.69) is 24.3 Å². The molecule has 1 aromatic heterocycles. The van der Waals surface area contributed by atoms with Gasteiger partial charge in [0.2, 0.25) is 0 Å². The second-order valence-electron chi connectivity index (χ2n) is 9.17. The van der Waals surface area contributed by atoms with Crippen molar-refractivity contribution in [3.63, 3.8) is 0 Å². The zero-order chi connectivity index (χ0) is 27.3. The summed E-state index contributed by atoms with van der Waals surface area (Å²) >= 11 is 0. The molecule has 6 rings (SSSR count). The van der Waals surface area contributed by atoms with E-state index in [4.69, 9.17) is 29.7 Å². The Morgan fingerprint density at radius 2 is 0.825 bits per heavy atom. The lowest BCUT2D eigenvalue weighted by molar-refractivity contribution is 0.288. The molecule has 6 aromatic rings. The highest BCUT2D eigenvalue weighted by Crippen LogP contribution is 2.30. The molecule has 0 aliphatic rings. The summed E-state index contributed by atoms with van der Waals surface area (Å²) in [6, 6.07) is 43.4. The SMILES string of the molecule is OB(O)Oc1cccc(-c2ccc(-c3cccc(-c4nc(-c5ccccc5)nc(-c5ccccc5)n4)c3)cc2)c1. The van der Waals surface area contributed by atoms with Gasteiger partial charge in [-0.15, -0.1) is 0 Å². The van der Waals surface area contributed by atoms with Crippen LogP contribution in [0.1, 0.15) is 0 Å². The Bertz CT molecular complexity index is 1690. The molecule has 192 valence electrons. The fraction of sp³-hybridized carbons (Fsp3) is 0. The molecular weight excluding hydrogens is 497 g/mol. The fourth-order valence-corrected chi connectivity index (χ4v) is 4.50. The van der Waals surface area contributed by atoms with Gasteiger partial charge >= 0.3 is 7.32 Å². The molecule has 0 amide bonds. The Hall–Kier alpha value is -5.11. The highest BCUT2D eigenvalue weighted by Gasteiger charge is 2.14. The summed E-state index contributed by atoms with van der Waals surface area (Å²) < 4.78 is 4.99. The van der Waals surface area contributed by atoms with Crippen LogP contribution >= 0.6 is 0 Å². The quantitative estimate of drug-likeness (QED) is 0.232. The predicted molar refractivity (Wildman–Crippen MR) is 158 cm³/mol. The Morgan fingerprint density at radius 3 is 1.35 bits per heavy atom. The van der Waals surface area contributed by atoms with Gasteiger partial charge in [0.25, 0.3) is 0 Å². The van der Waals surface area contributed by atoms with Gasteiger partial charge in [-0.2, -0.15) is 0 Å². The van der Waals surface area contributed by atoms with Crippen LogP contribution in [-0.4, -0.2) is 32.3 Å². The van der Waals surface area contributed by atoms with E-state index in [0.717, 1.165) is 38.9 Å². The monoisotopic (exact) mass is 521 g/mol. The molecule has 5 aromatic carbocycles. The highest BCUT2D eigenvalue weighted by molar-refractivity contribution is 6.33. The van der Waals surface area contributed by atoms with Crippen molar-refractivity contribution in [3.8, 4) is 62.2 Å². The molecule has 40 heavy (non-hydrogen) atoms. The maximum atomic E-state index is 9.10. The topological polar surface area (TPSA) is 88.4 Å². The normalized spacial score (nSPS) is 10.8. The third kappa shape index (κ3) is 5.66. The molecule has 6 nitrogen and oxygen atoms in total. The highest BCUT2D eigenvalue weighted by atomic mass is 16.6. The van der Waals surface area contributed by atoms with Crippen LogP contribution < -0.4 is 4.65 Å². The Labute approximate surface area is 232 Å². The van der Waals surface area contributed by atoms with Crippen LogP contribution in [0.5, 0.6) is 5.75 Å². The smallest absolute Gasteiger partial charge is 0.512 e.